The van der Waals surface area contributed by atoms with Crippen molar-refractivity contribution in [3.63, 3.8) is 0 Å². The average molecular weight is 339 g/mol. The normalized spacial score (nSPS) is 9.54. The van der Waals surface area contributed by atoms with Gasteiger partial charge >= 0.3 is 5.97 Å². The zero-order chi connectivity index (χ0) is 17.4. The van der Waals surface area contributed by atoms with E-state index in [9.17, 15) is 9.59 Å². The minimum atomic E-state index is -1.04. The molecule has 0 unspecified atom stereocenters. The van der Waals surface area contributed by atoms with Gasteiger partial charge in [-0.2, -0.15) is 0 Å². The van der Waals surface area contributed by atoms with Gasteiger partial charge in [-0.25, -0.2) is 4.79 Å². The molecule has 0 saturated heterocycles. The van der Waals surface area contributed by atoms with E-state index in [1.807, 2.05) is 42.5 Å². The number of carbonyl (C=O) groups is 2. The van der Waals surface area contributed by atoms with Crippen molar-refractivity contribution in [2.24, 2.45) is 0 Å². The van der Waals surface area contributed by atoms with Gasteiger partial charge in [-0.15, -0.1) is 0 Å². The Hall–Kier alpha value is -2.91. The lowest BCUT2D eigenvalue weighted by Gasteiger charge is -2.07. The third-order valence-corrected chi connectivity index (χ3v) is 3.45. The minimum Gasteiger partial charge on any atom is -0.478 e. The molecule has 0 amide bonds. The second kappa shape index (κ2) is 8.65. The number of rotatable bonds is 3. The summed E-state index contributed by atoms with van der Waals surface area (Å²) < 4.78 is 0. The molecule has 0 fully saturated rings. The van der Waals surface area contributed by atoms with Crippen LogP contribution in [0.4, 0.5) is 0 Å². The summed E-state index contributed by atoms with van der Waals surface area (Å²) >= 11 is 5.41. The van der Waals surface area contributed by atoms with Crippen molar-refractivity contribution < 1.29 is 14.7 Å². The Kier molecular flexibility index (Phi) is 6.29. The lowest BCUT2D eigenvalue weighted by atomic mass is 9.97. The van der Waals surface area contributed by atoms with Crippen LogP contribution in [0, 0.1) is 0 Å². The van der Waals surface area contributed by atoms with E-state index in [1.165, 1.54) is 18.2 Å². The summed E-state index contributed by atoms with van der Waals surface area (Å²) in [7, 11) is 0. The van der Waals surface area contributed by atoms with Crippen LogP contribution in [0.3, 0.4) is 0 Å². The maximum atomic E-state index is 11.2. The molecule has 0 bridgehead atoms. The molecule has 0 atom stereocenters. The van der Waals surface area contributed by atoms with Crippen LogP contribution < -0.4 is 0 Å². The molecule has 0 aliphatic carbocycles. The molecule has 1 N–H and O–H groups in total. The third-order valence-electron chi connectivity index (χ3n) is 3.23. The molecule has 0 aromatic heterocycles. The van der Waals surface area contributed by atoms with Gasteiger partial charge in [-0.3, -0.25) is 4.79 Å². The van der Waals surface area contributed by atoms with Crippen LogP contribution in [-0.4, -0.2) is 16.3 Å². The number of hydrogen-bond acceptors (Lipinski definition) is 2. The standard InChI is InChI=1S/C14H9ClO3.C6H6/c15-13(16)10-6-7-11(14(17)18)12(8-10)9-4-2-1-3-5-9;1-2-4-6-5-3-1/h1-8H,(H,17,18);1-6H. The number of carboxylic acid groups (broad SMARTS) is 1. The molecule has 3 nitrogen and oxygen atoms in total. The fourth-order valence-electron chi connectivity index (χ4n) is 2.09. The van der Waals surface area contributed by atoms with Crippen molar-refractivity contribution in [1.82, 2.24) is 0 Å². The Morgan fingerprint density at radius 2 is 1.25 bits per heavy atom. The summed E-state index contributed by atoms with van der Waals surface area (Å²) in [6.45, 7) is 0. The van der Waals surface area contributed by atoms with E-state index in [0.717, 1.165) is 5.56 Å². The minimum absolute atomic E-state index is 0.142. The Balaban J connectivity index is 0.000000292. The number of aromatic carboxylic acids is 1. The molecule has 3 aromatic carbocycles. The van der Waals surface area contributed by atoms with E-state index in [2.05, 4.69) is 0 Å². The number of halogens is 1. The SMILES string of the molecule is O=C(Cl)c1ccc(C(=O)O)c(-c2ccccc2)c1.c1ccccc1. The van der Waals surface area contributed by atoms with Gasteiger partial charge in [0.05, 0.1) is 5.56 Å². The summed E-state index contributed by atoms with van der Waals surface area (Å²) in [6.07, 6.45) is 0. The molecule has 0 spiro atoms. The van der Waals surface area contributed by atoms with Gasteiger partial charge in [0.25, 0.3) is 5.24 Å². The highest BCUT2D eigenvalue weighted by Crippen LogP contribution is 2.25. The van der Waals surface area contributed by atoms with Crippen LogP contribution in [0.15, 0.2) is 84.9 Å². The number of benzene rings is 3. The molecule has 3 rings (SSSR count). The van der Waals surface area contributed by atoms with Crippen LogP contribution >= 0.6 is 11.6 Å². The first kappa shape index (κ1) is 17.4. The predicted molar refractivity (Wildman–Crippen MR) is 95.5 cm³/mol. The lowest BCUT2D eigenvalue weighted by molar-refractivity contribution is 0.0697. The van der Waals surface area contributed by atoms with Crippen LogP contribution in [0.5, 0.6) is 0 Å². The van der Waals surface area contributed by atoms with Gasteiger partial charge in [0.1, 0.15) is 0 Å². The molecule has 24 heavy (non-hydrogen) atoms. The van der Waals surface area contributed by atoms with E-state index in [-0.39, 0.29) is 11.1 Å². The zero-order valence-corrected chi connectivity index (χ0v) is 13.5. The maximum absolute atomic E-state index is 11.2. The van der Waals surface area contributed by atoms with Gasteiger partial charge in [-0.05, 0) is 40.9 Å². The van der Waals surface area contributed by atoms with Crippen molar-refractivity contribution >= 4 is 22.8 Å². The van der Waals surface area contributed by atoms with Gasteiger partial charge in [0, 0.05) is 5.56 Å². The Morgan fingerprint density at radius 1 is 0.750 bits per heavy atom. The van der Waals surface area contributed by atoms with Crippen molar-refractivity contribution in [3.05, 3.63) is 96.1 Å². The molecule has 0 aliphatic rings. The van der Waals surface area contributed by atoms with Gasteiger partial charge in [0.15, 0.2) is 0 Å². The smallest absolute Gasteiger partial charge is 0.336 e. The Labute approximate surface area is 145 Å². The molecule has 0 saturated carbocycles. The summed E-state index contributed by atoms with van der Waals surface area (Å²) in [5.41, 5.74) is 1.63. The summed E-state index contributed by atoms with van der Waals surface area (Å²) in [5, 5.41) is 8.53. The summed E-state index contributed by atoms with van der Waals surface area (Å²) in [5.74, 6) is -1.04. The fraction of sp³-hybridized carbons (Fsp3) is 0. The van der Waals surface area contributed by atoms with Crippen molar-refractivity contribution in [2.75, 3.05) is 0 Å². The van der Waals surface area contributed by atoms with E-state index >= 15 is 0 Å². The molecule has 120 valence electrons. The topological polar surface area (TPSA) is 54.4 Å². The molecular formula is C20H15ClO3. The second-order valence-electron chi connectivity index (χ2n) is 4.86. The molecular weight excluding hydrogens is 324 g/mol. The monoisotopic (exact) mass is 338 g/mol. The summed E-state index contributed by atoms with van der Waals surface area (Å²) in [4.78, 5) is 22.3. The molecule has 3 aromatic rings. The summed E-state index contributed by atoms with van der Waals surface area (Å²) in [6, 6.07) is 25.3. The number of hydrogen-bond donors (Lipinski definition) is 1. The highest BCUT2D eigenvalue weighted by Gasteiger charge is 2.14. The van der Waals surface area contributed by atoms with Crippen molar-refractivity contribution in [3.8, 4) is 11.1 Å². The highest BCUT2D eigenvalue weighted by molar-refractivity contribution is 6.67. The number of carbonyl (C=O) groups excluding carboxylic acids is 1. The van der Waals surface area contributed by atoms with Crippen molar-refractivity contribution in [1.29, 1.82) is 0 Å². The predicted octanol–water partition coefficient (Wildman–Crippen LogP) is 5.12. The van der Waals surface area contributed by atoms with E-state index in [1.54, 1.807) is 24.3 Å². The highest BCUT2D eigenvalue weighted by atomic mass is 35.5. The second-order valence-corrected chi connectivity index (χ2v) is 5.20. The molecule has 0 radical (unpaired) electrons. The molecule has 0 heterocycles. The Bertz CT molecular complexity index is 788. The zero-order valence-electron chi connectivity index (χ0n) is 12.7. The van der Waals surface area contributed by atoms with Crippen LogP contribution in [0.1, 0.15) is 20.7 Å². The van der Waals surface area contributed by atoms with E-state index < -0.39 is 11.2 Å². The molecule has 4 heteroatoms. The van der Waals surface area contributed by atoms with Crippen LogP contribution in [0.2, 0.25) is 0 Å². The van der Waals surface area contributed by atoms with Gasteiger partial charge in [0.2, 0.25) is 0 Å². The van der Waals surface area contributed by atoms with Gasteiger partial charge < -0.3 is 5.11 Å². The largest absolute Gasteiger partial charge is 0.478 e. The van der Waals surface area contributed by atoms with Crippen LogP contribution in [-0.2, 0) is 0 Å². The van der Waals surface area contributed by atoms with E-state index in [0.29, 0.717) is 5.56 Å². The van der Waals surface area contributed by atoms with Crippen molar-refractivity contribution in [2.45, 2.75) is 0 Å². The Morgan fingerprint density at radius 3 is 1.71 bits per heavy atom. The fourth-order valence-corrected chi connectivity index (χ4v) is 2.21. The van der Waals surface area contributed by atoms with E-state index in [4.69, 9.17) is 16.7 Å². The third kappa shape index (κ3) is 4.80. The van der Waals surface area contributed by atoms with Crippen LogP contribution in [0.25, 0.3) is 11.1 Å². The first-order valence-corrected chi connectivity index (χ1v) is 7.60. The lowest BCUT2D eigenvalue weighted by Crippen LogP contribution is -2.01. The maximum Gasteiger partial charge on any atom is 0.336 e. The quantitative estimate of drug-likeness (QED) is 0.674. The molecule has 0 aliphatic heterocycles. The first-order valence-electron chi connectivity index (χ1n) is 7.22. The van der Waals surface area contributed by atoms with Gasteiger partial charge in [-0.1, -0.05) is 66.7 Å². The number of carboxylic acids is 1. The first-order chi connectivity index (χ1) is 11.6. The average Bonchev–Trinajstić information content (AvgIpc) is 2.64.